The molecule has 0 radical (unpaired) electrons. The molecule has 0 heterocycles. The molecule has 0 aromatic heterocycles. The Kier molecular flexibility index (Phi) is 7.92. The fourth-order valence-corrected chi connectivity index (χ4v) is 1.85. The van der Waals surface area contributed by atoms with Gasteiger partial charge < -0.3 is 4.74 Å². The summed E-state index contributed by atoms with van der Waals surface area (Å²) < 4.78 is 5.62. The Hall–Kier alpha value is -1.33. The van der Waals surface area contributed by atoms with Crippen LogP contribution in [0.2, 0.25) is 0 Å². The number of hydrogen-bond acceptors (Lipinski definition) is 2. The van der Waals surface area contributed by atoms with Crippen LogP contribution >= 0.6 is 0 Å². The fraction of sp³-hybridized carbons (Fsp3) is 0.562. The van der Waals surface area contributed by atoms with Gasteiger partial charge in [0, 0.05) is 6.61 Å². The van der Waals surface area contributed by atoms with Crippen molar-refractivity contribution in [2.75, 3.05) is 6.61 Å². The van der Waals surface area contributed by atoms with E-state index in [1.165, 1.54) is 32.1 Å². The van der Waals surface area contributed by atoms with Crippen LogP contribution in [0.3, 0.4) is 0 Å². The van der Waals surface area contributed by atoms with Gasteiger partial charge in [0.25, 0.3) is 0 Å². The first-order valence-electron chi connectivity index (χ1n) is 6.93. The number of hydrogen-bond donors (Lipinski definition) is 0. The summed E-state index contributed by atoms with van der Waals surface area (Å²) in [5.74, 6) is 0. The van der Waals surface area contributed by atoms with Crippen LogP contribution in [0.25, 0.3) is 0 Å². The second-order valence-corrected chi connectivity index (χ2v) is 4.63. The van der Waals surface area contributed by atoms with Crippen molar-refractivity contribution in [3.63, 3.8) is 0 Å². The van der Waals surface area contributed by atoms with Gasteiger partial charge in [0.15, 0.2) is 0 Å². The van der Waals surface area contributed by atoms with Crippen LogP contribution < -0.4 is 0 Å². The van der Waals surface area contributed by atoms with Crippen molar-refractivity contribution in [3.05, 3.63) is 35.4 Å². The molecule has 1 aromatic rings. The van der Waals surface area contributed by atoms with Gasteiger partial charge in [-0.05, 0) is 24.1 Å². The molecule has 1 rings (SSSR count). The molecule has 0 saturated carbocycles. The van der Waals surface area contributed by atoms with Gasteiger partial charge in [0.2, 0.25) is 0 Å². The van der Waals surface area contributed by atoms with E-state index in [0.717, 1.165) is 18.6 Å². The molecule has 0 fully saturated rings. The van der Waals surface area contributed by atoms with E-state index in [9.17, 15) is 0 Å². The van der Waals surface area contributed by atoms with Gasteiger partial charge in [-0.3, -0.25) is 0 Å². The summed E-state index contributed by atoms with van der Waals surface area (Å²) in [6, 6.07) is 9.70. The minimum Gasteiger partial charge on any atom is -0.377 e. The number of nitrogens with zero attached hydrogens (tertiary/aromatic N) is 1. The lowest BCUT2D eigenvalue weighted by Crippen LogP contribution is -1.95. The van der Waals surface area contributed by atoms with E-state index < -0.39 is 0 Å². The maximum Gasteiger partial charge on any atom is 0.0991 e. The number of unbranched alkanes of at least 4 members (excludes halogenated alkanes) is 5. The van der Waals surface area contributed by atoms with Gasteiger partial charge >= 0.3 is 0 Å². The van der Waals surface area contributed by atoms with Crippen LogP contribution in [0.4, 0.5) is 0 Å². The van der Waals surface area contributed by atoms with Crippen LogP contribution in [-0.2, 0) is 11.3 Å². The second kappa shape index (κ2) is 9.67. The molecule has 18 heavy (non-hydrogen) atoms. The Morgan fingerprint density at radius 1 is 1.00 bits per heavy atom. The van der Waals surface area contributed by atoms with Crippen molar-refractivity contribution in [2.24, 2.45) is 0 Å². The van der Waals surface area contributed by atoms with Gasteiger partial charge in [0.05, 0.1) is 18.2 Å². The molecule has 2 nitrogen and oxygen atoms in total. The Labute approximate surface area is 111 Å². The van der Waals surface area contributed by atoms with Gasteiger partial charge in [-0.2, -0.15) is 5.26 Å². The molecule has 0 spiro atoms. The Bertz CT molecular complexity index is 350. The standard InChI is InChI=1S/C16H23NO/c1-2-3-4-5-6-7-12-18-14-16-10-8-15(13-17)9-11-16/h8-11H,2-7,12,14H2,1H3. The molecule has 0 aliphatic heterocycles. The first-order valence-corrected chi connectivity index (χ1v) is 6.93. The van der Waals surface area contributed by atoms with Crippen LogP contribution in [0.15, 0.2) is 24.3 Å². The van der Waals surface area contributed by atoms with E-state index in [1.807, 2.05) is 24.3 Å². The first-order chi connectivity index (χ1) is 8.86. The highest BCUT2D eigenvalue weighted by atomic mass is 16.5. The van der Waals surface area contributed by atoms with E-state index in [4.69, 9.17) is 10.00 Å². The van der Waals surface area contributed by atoms with Crippen LogP contribution in [0, 0.1) is 11.3 Å². The van der Waals surface area contributed by atoms with Crippen LogP contribution in [0.5, 0.6) is 0 Å². The molecule has 2 heteroatoms. The molecule has 1 aromatic carbocycles. The molecule has 0 amide bonds. The zero-order valence-electron chi connectivity index (χ0n) is 11.3. The molecule has 0 aliphatic carbocycles. The monoisotopic (exact) mass is 245 g/mol. The first kappa shape index (κ1) is 14.7. The average molecular weight is 245 g/mol. The SMILES string of the molecule is CCCCCCCCOCc1ccc(C#N)cc1. The zero-order valence-corrected chi connectivity index (χ0v) is 11.3. The van der Waals surface area contributed by atoms with Crippen LogP contribution in [0.1, 0.15) is 56.6 Å². The fourth-order valence-electron chi connectivity index (χ4n) is 1.85. The normalized spacial score (nSPS) is 10.2. The van der Waals surface area contributed by atoms with E-state index >= 15 is 0 Å². The third-order valence-electron chi connectivity index (χ3n) is 2.99. The highest BCUT2D eigenvalue weighted by Gasteiger charge is 1.95. The van der Waals surface area contributed by atoms with Gasteiger partial charge in [-0.1, -0.05) is 51.2 Å². The van der Waals surface area contributed by atoms with Gasteiger partial charge in [-0.25, -0.2) is 0 Å². The largest absolute Gasteiger partial charge is 0.377 e. The van der Waals surface area contributed by atoms with E-state index in [1.54, 1.807) is 0 Å². The third kappa shape index (κ3) is 6.42. The lowest BCUT2D eigenvalue weighted by molar-refractivity contribution is 0.116. The van der Waals surface area contributed by atoms with Crippen molar-refractivity contribution in [1.82, 2.24) is 0 Å². The number of benzene rings is 1. The van der Waals surface area contributed by atoms with Crippen molar-refractivity contribution in [1.29, 1.82) is 5.26 Å². The van der Waals surface area contributed by atoms with E-state index in [-0.39, 0.29) is 0 Å². The predicted molar refractivity (Wildman–Crippen MR) is 74.2 cm³/mol. The maximum absolute atomic E-state index is 8.68. The van der Waals surface area contributed by atoms with Crippen molar-refractivity contribution < 1.29 is 4.74 Å². The maximum atomic E-state index is 8.68. The topological polar surface area (TPSA) is 33.0 Å². The summed E-state index contributed by atoms with van der Waals surface area (Å²) in [4.78, 5) is 0. The van der Waals surface area contributed by atoms with Gasteiger partial charge in [-0.15, -0.1) is 0 Å². The molecular weight excluding hydrogens is 222 g/mol. The molecule has 0 saturated heterocycles. The lowest BCUT2D eigenvalue weighted by Gasteiger charge is -2.04. The number of rotatable bonds is 9. The summed E-state index contributed by atoms with van der Waals surface area (Å²) in [7, 11) is 0. The summed E-state index contributed by atoms with van der Waals surface area (Å²) >= 11 is 0. The minimum absolute atomic E-state index is 0.653. The molecule has 0 bridgehead atoms. The van der Waals surface area contributed by atoms with E-state index in [2.05, 4.69) is 13.0 Å². The molecule has 0 unspecified atom stereocenters. The Morgan fingerprint density at radius 3 is 2.33 bits per heavy atom. The summed E-state index contributed by atoms with van der Waals surface area (Å²) in [6.45, 7) is 3.73. The van der Waals surface area contributed by atoms with Gasteiger partial charge in [0.1, 0.15) is 0 Å². The Morgan fingerprint density at radius 2 is 1.67 bits per heavy atom. The number of nitriles is 1. The third-order valence-corrected chi connectivity index (χ3v) is 2.99. The lowest BCUT2D eigenvalue weighted by atomic mass is 10.1. The molecule has 98 valence electrons. The highest BCUT2D eigenvalue weighted by molar-refractivity contribution is 5.31. The predicted octanol–water partition coefficient (Wildman–Crippen LogP) is 4.44. The molecule has 0 N–H and O–H groups in total. The Balaban J connectivity index is 2.02. The van der Waals surface area contributed by atoms with Crippen LogP contribution in [-0.4, -0.2) is 6.61 Å². The minimum atomic E-state index is 0.653. The summed E-state index contributed by atoms with van der Waals surface area (Å²) in [5.41, 5.74) is 1.84. The highest BCUT2D eigenvalue weighted by Crippen LogP contribution is 2.07. The smallest absolute Gasteiger partial charge is 0.0991 e. The average Bonchev–Trinajstić information content (AvgIpc) is 2.42. The van der Waals surface area contributed by atoms with Crippen molar-refractivity contribution in [2.45, 2.75) is 52.1 Å². The molecule has 0 atom stereocenters. The quantitative estimate of drug-likeness (QED) is 0.603. The summed E-state index contributed by atoms with van der Waals surface area (Å²) in [6.07, 6.45) is 7.76. The number of ether oxygens (including phenoxy) is 1. The zero-order chi connectivity index (χ0) is 13.1. The van der Waals surface area contributed by atoms with Crippen molar-refractivity contribution >= 4 is 0 Å². The molecule has 0 aliphatic rings. The molecular formula is C16H23NO. The summed E-state index contributed by atoms with van der Waals surface area (Å²) in [5, 5.41) is 8.68. The van der Waals surface area contributed by atoms with E-state index in [0.29, 0.717) is 12.2 Å². The van der Waals surface area contributed by atoms with Crippen molar-refractivity contribution in [3.8, 4) is 6.07 Å². The second-order valence-electron chi connectivity index (χ2n) is 4.63.